The van der Waals surface area contributed by atoms with Gasteiger partial charge < -0.3 is 15.3 Å². The molecule has 1 aromatic carbocycles. The second kappa shape index (κ2) is 6.62. The number of hydrogen-bond donors (Lipinski definition) is 4. The molecule has 0 aliphatic heterocycles. The van der Waals surface area contributed by atoms with Crippen molar-refractivity contribution in [3.05, 3.63) is 62.7 Å². The molecule has 2 atom stereocenters. The van der Waals surface area contributed by atoms with Crippen LogP contribution in [0.5, 0.6) is 0 Å². The van der Waals surface area contributed by atoms with Gasteiger partial charge in [0.15, 0.2) is 0 Å². The van der Waals surface area contributed by atoms with Gasteiger partial charge in [-0.3, -0.25) is 14.6 Å². The van der Waals surface area contributed by atoms with E-state index in [0.29, 0.717) is 0 Å². The van der Waals surface area contributed by atoms with Crippen molar-refractivity contribution in [1.82, 2.24) is 25.3 Å². The maximum atomic E-state index is 12.4. The van der Waals surface area contributed by atoms with Crippen LogP contribution in [0.4, 0.5) is 0 Å². The molecule has 2 heterocycles. The van der Waals surface area contributed by atoms with Crippen molar-refractivity contribution in [2.45, 2.75) is 37.6 Å². The van der Waals surface area contributed by atoms with Gasteiger partial charge in [0, 0.05) is 18.2 Å². The van der Waals surface area contributed by atoms with Crippen molar-refractivity contribution in [1.29, 1.82) is 0 Å². The smallest absolute Gasteiger partial charge is 0.325 e. The monoisotopic (exact) mass is 353 g/mol. The van der Waals surface area contributed by atoms with Crippen LogP contribution in [0.2, 0.25) is 0 Å². The van der Waals surface area contributed by atoms with Crippen molar-refractivity contribution < 1.29 is 4.79 Å². The number of imidazole rings is 1. The molecule has 1 saturated carbocycles. The van der Waals surface area contributed by atoms with Crippen molar-refractivity contribution in [3.8, 4) is 0 Å². The first-order chi connectivity index (χ1) is 12.6. The summed E-state index contributed by atoms with van der Waals surface area (Å²) in [7, 11) is 0. The minimum absolute atomic E-state index is 0.0409. The molecule has 4 rings (SSSR count). The summed E-state index contributed by atoms with van der Waals surface area (Å²) < 4.78 is 0. The number of carbonyl (C=O) groups is 1. The number of carbonyl (C=O) groups excluding carboxylic acids is 1. The molecule has 0 radical (unpaired) electrons. The van der Waals surface area contributed by atoms with Crippen LogP contribution in [-0.2, 0) is 0 Å². The number of amides is 1. The lowest BCUT2D eigenvalue weighted by Crippen LogP contribution is -2.41. The van der Waals surface area contributed by atoms with Gasteiger partial charge in [0.25, 0.3) is 11.5 Å². The summed E-state index contributed by atoms with van der Waals surface area (Å²) >= 11 is 0. The highest BCUT2D eigenvalue weighted by molar-refractivity contribution is 5.93. The summed E-state index contributed by atoms with van der Waals surface area (Å²) in [6, 6.07) is 7.85. The van der Waals surface area contributed by atoms with Crippen LogP contribution in [-0.4, -0.2) is 31.9 Å². The maximum Gasteiger partial charge on any atom is 0.325 e. The fourth-order valence-electron chi connectivity index (χ4n) is 3.58. The fraction of sp³-hybridized carbons (Fsp3) is 0.333. The Bertz CT molecular complexity index is 1030. The van der Waals surface area contributed by atoms with E-state index in [1.165, 1.54) is 0 Å². The average Bonchev–Trinajstić information content (AvgIpc) is 3.06. The van der Waals surface area contributed by atoms with Crippen LogP contribution in [0, 0.1) is 0 Å². The number of fused-ring (bicyclic) bond motifs is 1. The van der Waals surface area contributed by atoms with Crippen molar-refractivity contribution >= 4 is 16.9 Å². The topological polar surface area (TPSA) is 123 Å². The largest absolute Gasteiger partial charge is 0.349 e. The number of H-pyrrole nitrogens is 3. The zero-order valence-corrected chi connectivity index (χ0v) is 14.0. The van der Waals surface area contributed by atoms with E-state index in [0.717, 1.165) is 48.7 Å². The van der Waals surface area contributed by atoms with Crippen LogP contribution in [0.1, 0.15) is 47.8 Å². The molecule has 0 spiro atoms. The zero-order chi connectivity index (χ0) is 18.1. The third kappa shape index (κ3) is 3.17. The first-order valence-electron chi connectivity index (χ1n) is 8.67. The molecule has 1 fully saturated rings. The minimum atomic E-state index is -0.684. The van der Waals surface area contributed by atoms with Gasteiger partial charge in [0.2, 0.25) is 0 Å². The lowest BCUT2D eigenvalue weighted by molar-refractivity contribution is 0.0922. The van der Waals surface area contributed by atoms with E-state index >= 15 is 0 Å². The normalized spacial score (nSPS) is 20.2. The number of para-hydroxylation sites is 2. The summed E-state index contributed by atoms with van der Waals surface area (Å²) in [5.41, 5.74) is 0.544. The van der Waals surface area contributed by atoms with Gasteiger partial charge in [-0.15, -0.1) is 0 Å². The van der Waals surface area contributed by atoms with Gasteiger partial charge >= 0.3 is 5.69 Å². The molecule has 134 valence electrons. The second-order valence-electron chi connectivity index (χ2n) is 6.66. The van der Waals surface area contributed by atoms with E-state index in [4.69, 9.17) is 0 Å². The van der Waals surface area contributed by atoms with Crippen LogP contribution in [0.3, 0.4) is 0 Å². The number of aromatic amines is 3. The predicted octanol–water partition coefficient (Wildman–Crippen LogP) is 1.40. The zero-order valence-electron chi connectivity index (χ0n) is 14.0. The standard InChI is InChI=1S/C18H19N5O3/c24-16(12-9-19-18(26)23-17(12)25)20-11-5-3-4-10(8-11)15-21-13-6-1-2-7-14(13)22-15/h1-2,6-7,9-11H,3-5,8H2,(H,20,24)(H,21,22)(H2,19,23,25,26). The van der Waals surface area contributed by atoms with Crippen LogP contribution in [0.15, 0.2) is 40.1 Å². The Morgan fingerprint density at radius 3 is 2.81 bits per heavy atom. The first-order valence-corrected chi connectivity index (χ1v) is 8.67. The van der Waals surface area contributed by atoms with E-state index in [9.17, 15) is 14.4 Å². The van der Waals surface area contributed by atoms with Crippen LogP contribution >= 0.6 is 0 Å². The van der Waals surface area contributed by atoms with Gasteiger partial charge in [-0.25, -0.2) is 9.78 Å². The summed E-state index contributed by atoms with van der Waals surface area (Å²) in [5, 5.41) is 2.91. The third-order valence-electron chi connectivity index (χ3n) is 4.87. The van der Waals surface area contributed by atoms with Crippen LogP contribution in [0.25, 0.3) is 11.0 Å². The van der Waals surface area contributed by atoms with E-state index < -0.39 is 17.2 Å². The van der Waals surface area contributed by atoms with E-state index in [1.54, 1.807) is 0 Å². The first kappa shape index (κ1) is 16.3. The third-order valence-corrected chi connectivity index (χ3v) is 4.87. The quantitative estimate of drug-likeness (QED) is 0.568. The summed E-state index contributed by atoms with van der Waals surface area (Å²) in [5.74, 6) is 0.695. The molecule has 2 aromatic heterocycles. The van der Waals surface area contributed by atoms with Gasteiger partial charge in [0.1, 0.15) is 11.4 Å². The Morgan fingerprint density at radius 1 is 1.15 bits per heavy atom. The van der Waals surface area contributed by atoms with E-state index in [1.807, 2.05) is 24.3 Å². The highest BCUT2D eigenvalue weighted by atomic mass is 16.2. The SMILES string of the molecule is O=C(NC1CCCC(c2nc3ccccc3[nH]2)C1)c1c[nH]c(=O)[nH]c1=O. The Labute approximate surface area is 148 Å². The summed E-state index contributed by atoms with van der Waals surface area (Å²) in [6.45, 7) is 0. The highest BCUT2D eigenvalue weighted by Crippen LogP contribution is 2.32. The molecule has 3 aromatic rings. The Balaban J connectivity index is 1.49. The molecule has 8 nitrogen and oxygen atoms in total. The molecular formula is C18H19N5O3. The van der Waals surface area contributed by atoms with Gasteiger partial charge in [-0.1, -0.05) is 18.6 Å². The maximum absolute atomic E-state index is 12.4. The van der Waals surface area contributed by atoms with Gasteiger partial charge in [-0.05, 0) is 31.4 Å². The van der Waals surface area contributed by atoms with Gasteiger partial charge in [0.05, 0.1) is 11.0 Å². The molecule has 1 amide bonds. The summed E-state index contributed by atoms with van der Waals surface area (Å²) in [4.78, 5) is 47.6. The minimum Gasteiger partial charge on any atom is -0.349 e. The van der Waals surface area contributed by atoms with Gasteiger partial charge in [-0.2, -0.15) is 0 Å². The molecule has 1 aliphatic carbocycles. The Kier molecular flexibility index (Phi) is 4.16. The number of benzene rings is 1. The molecule has 4 N–H and O–H groups in total. The fourth-order valence-corrected chi connectivity index (χ4v) is 3.58. The average molecular weight is 353 g/mol. The van der Waals surface area contributed by atoms with Crippen molar-refractivity contribution in [2.24, 2.45) is 0 Å². The molecular weight excluding hydrogens is 334 g/mol. The highest BCUT2D eigenvalue weighted by Gasteiger charge is 2.27. The molecule has 26 heavy (non-hydrogen) atoms. The predicted molar refractivity (Wildman–Crippen MR) is 96.2 cm³/mol. The molecule has 2 unspecified atom stereocenters. The van der Waals surface area contributed by atoms with Crippen molar-refractivity contribution in [2.75, 3.05) is 0 Å². The Morgan fingerprint density at radius 2 is 2.00 bits per heavy atom. The second-order valence-corrected chi connectivity index (χ2v) is 6.66. The number of aromatic nitrogens is 4. The number of rotatable bonds is 3. The summed E-state index contributed by atoms with van der Waals surface area (Å²) in [6.07, 6.45) is 4.73. The van der Waals surface area contributed by atoms with Crippen molar-refractivity contribution in [3.63, 3.8) is 0 Å². The van der Waals surface area contributed by atoms with E-state index in [-0.39, 0.29) is 17.5 Å². The molecule has 0 saturated heterocycles. The lowest BCUT2D eigenvalue weighted by Gasteiger charge is -2.28. The van der Waals surface area contributed by atoms with E-state index in [2.05, 4.69) is 25.3 Å². The molecule has 8 heteroatoms. The number of nitrogens with one attached hydrogen (secondary N) is 4. The lowest BCUT2D eigenvalue weighted by atomic mass is 9.85. The molecule has 1 aliphatic rings. The number of hydrogen-bond acceptors (Lipinski definition) is 4. The Hall–Kier alpha value is -3.16. The number of nitrogens with zero attached hydrogens (tertiary/aromatic N) is 1. The molecule has 0 bridgehead atoms. The van der Waals surface area contributed by atoms with Crippen LogP contribution < -0.4 is 16.6 Å².